The first kappa shape index (κ1) is 13.2. The third kappa shape index (κ3) is 3.37. The lowest BCUT2D eigenvalue weighted by Crippen LogP contribution is -2.15. The molecular weight excluding hydrogens is 238 g/mol. The molecule has 0 spiro atoms. The quantitative estimate of drug-likeness (QED) is 0.897. The molecule has 0 atom stereocenters. The van der Waals surface area contributed by atoms with E-state index in [-0.39, 0.29) is 11.3 Å². The van der Waals surface area contributed by atoms with Crippen molar-refractivity contribution in [1.82, 2.24) is 9.97 Å². The molecule has 0 aliphatic rings. The van der Waals surface area contributed by atoms with Crippen LogP contribution in [0.1, 0.15) is 36.7 Å². The number of nitrogens with zero attached hydrogens (tertiary/aromatic N) is 2. The van der Waals surface area contributed by atoms with Crippen LogP contribution in [0, 0.1) is 0 Å². The number of hydrogen-bond acceptors (Lipinski definition) is 3. The van der Waals surface area contributed by atoms with Crippen molar-refractivity contribution in [2.45, 2.75) is 26.2 Å². The molecular formula is C15H17N3O. The third-order valence-electron chi connectivity index (χ3n) is 2.80. The largest absolute Gasteiger partial charge is 0.290 e. The Morgan fingerprint density at radius 3 is 2.16 bits per heavy atom. The maximum atomic E-state index is 12.0. The van der Waals surface area contributed by atoms with Gasteiger partial charge in [-0.3, -0.25) is 10.1 Å². The van der Waals surface area contributed by atoms with Crippen LogP contribution in [-0.4, -0.2) is 15.9 Å². The molecule has 4 heteroatoms. The predicted octanol–water partition coefficient (Wildman–Crippen LogP) is 3.03. The summed E-state index contributed by atoms with van der Waals surface area (Å²) in [4.78, 5) is 19.9. The summed E-state index contributed by atoms with van der Waals surface area (Å²) in [5, 5.41) is 2.66. The van der Waals surface area contributed by atoms with Crippen LogP contribution in [0.3, 0.4) is 0 Å². The third-order valence-corrected chi connectivity index (χ3v) is 2.80. The molecule has 1 amide bonds. The van der Waals surface area contributed by atoms with Crippen molar-refractivity contribution >= 4 is 11.9 Å². The molecule has 1 heterocycles. The molecule has 4 nitrogen and oxygen atoms in total. The Hall–Kier alpha value is -2.23. The lowest BCUT2D eigenvalue weighted by atomic mass is 9.87. The summed E-state index contributed by atoms with van der Waals surface area (Å²) in [6.07, 6.45) is 3.18. The van der Waals surface area contributed by atoms with Crippen LogP contribution in [-0.2, 0) is 5.41 Å². The van der Waals surface area contributed by atoms with E-state index in [0.29, 0.717) is 11.5 Å². The number of hydrogen-bond donors (Lipinski definition) is 1. The van der Waals surface area contributed by atoms with Gasteiger partial charge in [-0.1, -0.05) is 32.9 Å². The van der Waals surface area contributed by atoms with Crippen molar-refractivity contribution in [3.05, 3.63) is 53.9 Å². The minimum Gasteiger partial charge on any atom is -0.290 e. The molecule has 0 saturated heterocycles. The Labute approximate surface area is 112 Å². The molecule has 0 aliphatic carbocycles. The van der Waals surface area contributed by atoms with E-state index in [9.17, 15) is 4.79 Å². The average Bonchev–Trinajstić information content (AvgIpc) is 2.39. The minimum atomic E-state index is -0.202. The Morgan fingerprint density at radius 1 is 1.05 bits per heavy atom. The van der Waals surface area contributed by atoms with Gasteiger partial charge >= 0.3 is 0 Å². The second-order valence-electron chi connectivity index (χ2n) is 5.35. The monoisotopic (exact) mass is 255 g/mol. The number of aromatic nitrogens is 2. The first-order valence-corrected chi connectivity index (χ1v) is 6.16. The Bertz CT molecular complexity index is 556. The van der Waals surface area contributed by atoms with E-state index in [4.69, 9.17) is 0 Å². The van der Waals surface area contributed by atoms with Crippen LogP contribution < -0.4 is 5.32 Å². The van der Waals surface area contributed by atoms with Crippen molar-refractivity contribution in [2.24, 2.45) is 0 Å². The molecule has 2 aromatic rings. The molecule has 0 unspecified atom stereocenters. The number of benzene rings is 1. The van der Waals surface area contributed by atoms with Crippen LogP contribution in [0.4, 0.5) is 5.95 Å². The molecule has 19 heavy (non-hydrogen) atoms. The van der Waals surface area contributed by atoms with Crippen LogP contribution in [0.2, 0.25) is 0 Å². The molecule has 98 valence electrons. The highest BCUT2D eigenvalue weighted by Crippen LogP contribution is 2.22. The number of nitrogens with one attached hydrogen (secondary N) is 1. The van der Waals surface area contributed by atoms with Gasteiger partial charge in [0.25, 0.3) is 5.91 Å². The van der Waals surface area contributed by atoms with Crippen LogP contribution in [0.15, 0.2) is 42.7 Å². The molecule has 1 N–H and O–H groups in total. The van der Waals surface area contributed by atoms with E-state index in [1.165, 1.54) is 5.56 Å². The summed E-state index contributed by atoms with van der Waals surface area (Å²) >= 11 is 0. The number of amides is 1. The highest BCUT2D eigenvalue weighted by molar-refractivity contribution is 6.03. The van der Waals surface area contributed by atoms with E-state index in [1.807, 2.05) is 24.3 Å². The second-order valence-corrected chi connectivity index (χ2v) is 5.35. The van der Waals surface area contributed by atoms with Gasteiger partial charge in [-0.15, -0.1) is 0 Å². The van der Waals surface area contributed by atoms with Gasteiger partial charge in [-0.05, 0) is 29.2 Å². The predicted molar refractivity (Wildman–Crippen MR) is 75.1 cm³/mol. The van der Waals surface area contributed by atoms with Gasteiger partial charge in [0.1, 0.15) is 0 Å². The molecule has 0 aliphatic heterocycles. The zero-order valence-corrected chi connectivity index (χ0v) is 11.3. The summed E-state index contributed by atoms with van der Waals surface area (Å²) < 4.78 is 0. The van der Waals surface area contributed by atoms with Crippen molar-refractivity contribution in [1.29, 1.82) is 0 Å². The Kier molecular flexibility index (Phi) is 3.60. The maximum absolute atomic E-state index is 12.0. The van der Waals surface area contributed by atoms with Crippen LogP contribution in [0.5, 0.6) is 0 Å². The SMILES string of the molecule is CC(C)(C)c1ccc(C(=O)Nc2ncccn2)cc1. The van der Waals surface area contributed by atoms with E-state index in [2.05, 4.69) is 36.1 Å². The van der Waals surface area contributed by atoms with Gasteiger partial charge in [-0.25, -0.2) is 9.97 Å². The van der Waals surface area contributed by atoms with Gasteiger partial charge in [0, 0.05) is 18.0 Å². The van der Waals surface area contributed by atoms with Gasteiger partial charge in [-0.2, -0.15) is 0 Å². The van der Waals surface area contributed by atoms with E-state index in [0.717, 1.165) is 0 Å². The molecule has 2 rings (SSSR count). The highest BCUT2D eigenvalue weighted by Gasteiger charge is 2.14. The first-order valence-electron chi connectivity index (χ1n) is 6.16. The lowest BCUT2D eigenvalue weighted by Gasteiger charge is -2.18. The number of carbonyl (C=O) groups is 1. The fraction of sp³-hybridized carbons (Fsp3) is 0.267. The Balaban J connectivity index is 2.12. The first-order chi connectivity index (χ1) is 8.97. The summed E-state index contributed by atoms with van der Waals surface area (Å²) in [6, 6.07) is 9.28. The highest BCUT2D eigenvalue weighted by atomic mass is 16.1. The molecule has 0 saturated carbocycles. The summed E-state index contributed by atoms with van der Waals surface area (Å²) in [7, 11) is 0. The summed E-state index contributed by atoms with van der Waals surface area (Å²) in [5.74, 6) is 0.110. The molecule has 1 aromatic carbocycles. The fourth-order valence-corrected chi connectivity index (χ4v) is 1.66. The van der Waals surface area contributed by atoms with Crippen molar-refractivity contribution < 1.29 is 4.79 Å². The summed E-state index contributed by atoms with van der Waals surface area (Å²) in [5.41, 5.74) is 1.87. The van der Waals surface area contributed by atoms with Gasteiger partial charge < -0.3 is 0 Å². The summed E-state index contributed by atoms with van der Waals surface area (Å²) in [6.45, 7) is 6.42. The standard InChI is InChI=1S/C15H17N3O/c1-15(2,3)12-7-5-11(6-8-12)13(19)18-14-16-9-4-10-17-14/h4-10H,1-3H3,(H,16,17,18,19). The second kappa shape index (κ2) is 5.18. The molecule has 1 aromatic heterocycles. The smallest absolute Gasteiger partial charge is 0.258 e. The lowest BCUT2D eigenvalue weighted by molar-refractivity contribution is 0.102. The zero-order chi connectivity index (χ0) is 13.9. The molecule has 0 fully saturated rings. The van der Waals surface area contributed by atoms with Crippen molar-refractivity contribution in [2.75, 3.05) is 5.32 Å². The van der Waals surface area contributed by atoms with Gasteiger partial charge in [0.2, 0.25) is 5.95 Å². The average molecular weight is 255 g/mol. The minimum absolute atomic E-state index is 0.0809. The van der Waals surface area contributed by atoms with E-state index < -0.39 is 0 Å². The van der Waals surface area contributed by atoms with E-state index in [1.54, 1.807) is 18.5 Å². The van der Waals surface area contributed by atoms with E-state index >= 15 is 0 Å². The zero-order valence-electron chi connectivity index (χ0n) is 11.3. The van der Waals surface area contributed by atoms with Crippen LogP contribution >= 0.6 is 0 Å². The number of rotatable bonds is 2. The fourth-order valence-electron chi connectivity index (χ4n) is 1.66. The van der Waals surface area contributed by atoms with Crippen LogP contribution in [0.25, 0.3) is 0 Å². The van der Waals surface area contributed by atoms with Gasteiger partial charge in [0.05, 0.1) is 0 Å². The number of carbonyl (C=O) groups excluding carboxylic acids is 1. The normalized spacial score (nSPS) is 11.1. The van der Waals surface area contributed by atoms with Crippen molar-refractivity contribution in [3.63, 3.8) is 0 Å². The van der Waals surface area contributed by atoms with Crippen molar-refractivity contribution in [3.8, 4) is 0 Å². The number of anilines is 1. The molecule has 0 bridgehead atoms. The topological polar surface area (TPSA) is 54.9 Å². The van der Waals surface area contributed by atoms with Gasteiger partial charge in [0.15, 0.2) is 0 Å². The molecule has 0 radical (unpaired) electrons. The Morgan fingerprint density at radius 2 is 1.63 bits per heavy atom. The maximum Gasteiger partial charge on any atom is 0.258 e.